The Bertz CT molecular complexity index is 1440. The van der Waals surface area contributed by atoms with Gasteiger partial charge in [-0.05, 0) is 62.6 Å². The number of carbonyl (C=O) groups is 4. The van der Waals surface area contributed by atoms with E-state index in [4.69, 9.17) is 4.84 Å². The minimum Gasteiger partial charge on any atom is -0.351 e. The molecular weight excluding hydrogens is 548 g/mol. The van der Waals surface area contributed by atoms with Crippen molar-refractivity contribution in [3.8, 4) is 5.69 Å². The quantitative estimate of drug-likeness (QED) is 0.190. The number of nitrogens with one attached hydrogen (secondary N) is 2. The normalized spacial score (nSPS) is 15.7. The second-order valence-corrected chi connectivity index (χ2v) is 12.1. The maximum absolute atomic E-state index is 14.5. The molecule has 0 unspecified atom stereocenters. The molecule has 43 heavy (non-hydrogen) atoms. The molecule has 1 aliphatic heterocycles. The van der Waals surface area contributed by atoms with Crippen molar-refractivity contribution >= 4 is 23.6 Å². The zero-order chi connectivity index (χ0) is 31.2. The molecule has 11 nitrogen and oxygen atoms in total. The summed E-state index contributed by atoms with van der Waals surface area (Å²) >= 11 is 0. The first kappa shape index (κ1) is 31.6. The molecule has 2 heterocycles. The van der Waals surface area contributed by atoms with Crippen LogP contribution in [0.1, 0.15) is 81.2 Å². The van der Waals surface area contributed by atoms with Crippen LogP contribution in [0.4, 0.5) is 4.79 Å². The number of Topliss-reactive ketones (excluding diaryl/α,β-unsaturated/α-hetero) is 2. The van der Waals surface area contributed by atoms with E-state index in [1.165, 1.54) is 9.86 Å². The monoisotopic (exact) mass is 588 g/mol. The number of aromatic nitrogens is 3. The summed E-state index contributed by atoms with van der Waals surface area (Å²) < 4.78 is 0. The van der Waals surface area contributed by atoms with E-state index in [1.54, 1.807) is 38.1 Å². The first-order valence-corrected chi connectivity index (χ1v) is 14.6. The summed E-state index contributed by atoms with van der Waals surface area (Å²) in [5.41, 5.74) is -1.15. The highest BCUT2D eigenvalue weighted by Gasteiger charge is 2.52. The highest BCUT2D eigenvalue weighted by Crippen LogP contribution is 2.30. The van der Waals surface area contributed by atoms with Crippen molar-refractivity contribution in [3.05, 3.63) is 77.6 Å². The number of hydrogen-bond acceptors (Lipinski definition) is 8. The molecule has 228 valence electrons. The fourth-order valence-electron chi connectivity index (χ4n) is 4.91. The first-order chi connectivity index (χ1) is 20.4. The summed E-state index contributed by atoms with van der Waals surface area (Å²) in [6.07, 6.45) is 0.870. The van der Waals surface area contributed by atoms with E-state index in [1.807, 2.05) is 57.2 Å². The lowest BCUT2D eigenvalue weighted by atomic mass is 9.77. The Morgan fingerprint density at radius 3 is 2.12 bits per heavy atom. The SMILES string of the molecule is Cc1nn(-c2ccccc2)nc1C(=O)[C@](CCC(C)(C)C)(NC(=O)ON1CCCC1)C(=O)C(=O)N[C@H](C)c1ccccc1. The van der Waals surface area contributed by atoms with E-state index in [9.17, 15) is 19.2 Å². The molecule has 0 spiro atoms. The van der Waals surface area contributed by atoms with Crippen LogP contribution in [0, 0.1) is 12.3 Å². The fourth-order valence-corrected chi connectivity index (χ4v) is 4.91. The average molecular weight is 589 g/mol. The third-order valence-electron chi connectivity index (χ3n) is 7.46. The largest absolute Gasteiger partial charge is 0.427 e. The number of benzene rings is 2. The highest BCUT2D eigenvalue weighted by molar-refractivity contribution is 6.46. The summed E-state index contributed by atoms with van der Waals surface area (Å²) in [6, 6.07) is 17.6. The van der Waals surface area contributed by atoms with Crippen LogP contribution >= 0.6 is 0 Å². The second-order valence-electron chi connectivity index (χ2n) is 12.1. The van der Waals surface area contributed by atoms with Gasteiger partial charge in [0, 0.05) is 13.1 Å². The first-order valence-electron chi connectivity index (χ1n) is 14.6. The number of rotatable bonds is 11. The minimum atomic E-state index is -2.30. The zero-order valence-corrected chi connectivity index (χ0v) is 25.4. The average Bonchev–Trinajstić information content (AvgIpc) is 3.64. The van der Waals surface area contributed by atoms with Crippen LogP contribution in [-0.2, 0) is 14.4 Å². The molecule has 1 saturated heterocycles. The van der Waals surface area contributed by atoms with Gasteiger partial charge >= 0.3 is 6.09 Å². The van der Waals surface area contributed by atoms with Crippen LogP contribution in [0.3, 0.4) is 0 Å². The Morgan fingerprint density at radius 1 is 0.907 bits per heavy atom. The number of nitrogens with zero attached hydrogens (tertiary/aromatic N) is 4. The van der Waals surface area contributed by atoms with E-state index < -0.39 is 35.1 Å². The number of hydroxylamine groups is 2. The minimum absolute atomic E-state index is 0.128. The summed E-state index contributed by atoms with van der Waals surface area (Å²) in [4.78, 5) is 62.5. The molecule has 2 atom stereocenters. The highest BCUT2D eigenvalue weighted by atomic mass is 16.7. The molecule has 4 rings (SSSR count). The third-order valence-corrected chi connectivity index (χ3v) is 7.46. The Labute approximate surface area is 251 Å². The van der Waals surface area contributed by atoms with Gasteiger partial charge in [-0.15, -0.1) is 10.2 Å². The number of ketones is 2. The van der Waals surface area contributed by atoms with E-state index in [0.717, 1.165) is 18.4 Å². The summed E-state index contributed by atoms with van der Waals surface area (Å²) in [5.74, 6) is -2.94. The molecule has 2 amide bonds. The van der Waals surface area contributed by atoms with Crippen molar-refractivity contribution in [1.29, 1.82) is 0 Å². The van der Waals surface area contributed by atoms with Gasteiger partial charge in [-0.25, -0.2) is 4.79 Å². The number of amides is 2. The van der Waals surface area contributed by atoms with Crippen molar-refractivity contribution in [2.45, 2.75) is 71.9 Å². The number of aryl methyl sites for hydroxylation is 1. The predicted molar refractivity (Wildman–Crippen MR) is 160 cm³/mol. The molecule has 0 saturated carbocycles. The van der Waals surface area contributed by atoms with E-state index in [0.29, 0.717) is 25.2 Å². The van der Waals surface area contributed by atoms with Crippen molar-refractivity contribution in [3.63, 3.8) is 0 Å². The molecule has 0 aliphatic carbocycles. The molecule has 3 aromatic rings. The molecule has 1 aliphatic rings. The summed E-state index contributed by atoms with van der Waals surface area (Å²) in [6.45, 7) is 10.2. The maximum atomic E-state index is 14.5. The van der Waals surface area contributed by atoms with Gasteiger partial charge in [0.15, 0.2) is 11.2 Å². The smallest absolute Gasteiger partial charge is 0.351 e. The lowest BCUT2D eigenvalue weighted by molar-refractivity contribution is -0.141. The van der Waals surface area contributed by atoms with Crippen molar-refractivity contribution < 1.29 is 24.0 Å². The lowest BCUT2D eigenvalue weighted by Gasteiger charge is -2.33. The molecular formula is C32H40N6O5. The third kappa shape index (κ3) is 7.72. The molecule has 2 aromatic carbocycles. The standard InChI is InChI=1S/C32H40N6O5/c1-22(24-14-8-6-9-15-24)33-29(41)28(40)32(19-18-31(3,4)5,34-30(42)43-37-20-12-13-21-37)27(39)26-23(2)35-38(36-26)25-16-10-7-11-17-25/h6-11,14-17,22H,12-13,18-21H2,1-5H3,(H,33,41)(H,34,42)/t22-,32+/m1/s1. The van der Waals surface area contributed by atoms with E-state index in [2.05, 4.69) is 20.8 Å². The van der Waals surface area contributed by atoms with Gasteiger partial charge < -0.3 is 10.2 Å². The molecule has 0 radical (unpaired) electrons. The van der Waals surface area contributed by atoms with Crippen LogP contribution < -0.4 is 10.6 Å². The van der Waals surface area contributed by atoms with Gasteiger partial charge in [0.1, 0.15) is 0 Å². The topological polar surface area (TPSA) is 136 Å². The molecule has 2 N–H and O–H groups in total. The number of carbonyl (C=O) groups excluding carboxylic acids is 4. The second kappa shape index (κ2) is 13.3. The van der Waals surface area contributed by atoms with Gasteiger partial charge in [-0.2, -0.15) is 9.90 Å². The summed E-state index contributed by atoms with van der Waals surface area (Å²) in [7, 11) is 0. The van der Waals surface area contributed by atoms with Crippen LogP contribution in [0.2, 0.25) is 0 Å². The molecule has 1 fully saturated rings. The van der Waals surface area contributed by atoms with Gasteiger partial charge in [0.25, 0.3) is 11.7 Å². The van der Waals surface area contributed by atoms with Crippen molar-refractivity contribution in [2.24, 2.45) is 5.41 Å². The maximum Gasteiger partial charge on any atom is 0.427 e. The van der Waals surface area contributed by atoms with E-state index in [-0.39, 0.29) is 23.2 Å². The van der Waals surface area contributed by atoms with Gasteiger partial charge in [-0.3, -0.25) is 19.7 Å². The Hall–Kier alpha value is -4.38. The number of para-hydroxylation sites is 1. The van der Waals surface area contributed by atoms with Crippen LogP contribution in [0.15, 0.2) is 60.7 Å². The van der Waals surface area contributed by atoms with Crippen LogP contribution in [-0.4, -0.2) is 62.3 Å². The lowest BCUT2D eigenvalue weighted by Crippen LogP contribution is -2.64. The molecule has 0 bridgehead atoms. The predicted octanol–water partition coefficient (Wildman–Crippen LogP) is 4.51. The van der Waals surface area contributed by atoms with Gasteiger partial charge in [-0.1, -0.05) is 69.3 Å². The summed E-state index contributed by atoms with van der Waals surface area (Å²) in [5, 5.41) is 15.6. The zero-order valence-electron chi connectivity index (χ0n) is 25.4. The van der Waals surface area contributed by atoms with Crippen molar-refractivity contribution in [1.82, 2.24) is 30.7 Å². The molecule has 1 aromatic heterocycles. The van der Waals surface area contributed by atoms with Gasteiger partial charge in [0.2, 0.25) is 5.78 Å². The fraction of sp³-hybridized carbons (Fsp3) is 0.438. The van der Waals surface area contributed by atoms with Crippen LogP contribution in [0.25, 0.3) is 5.69 Å². The Kier molecular flexibility index (Phi) is 9.75. The molecule has 11 heteroatoms. The Morgan fingerprint density at radius 2 is 1.51 bits per heavy atom. The van der Waals surface area contributed by atoms with Crippen molar-refractivity contribution in [2.75, 3.05) is 13.1 Å². The van der Waals surface area contributed by atoms with Gasteiger partial charge in [0.05, 0.1) is 17.4 Å². The number of hydrogen-bond donors (Lipinski definition) is 2. The Balaban J connectivity index is 1.75. The van der Waals surface area contributed by atoms with E-state index >= 15 is 0 Å². The van der Waals surface area contributed by atoms with Crippen LogP contribution in [0.5, 0.6) is 0 Å².